The van der Waals surface area contributed by atoms with E-state index in [0.29, 0.717) is 11.5 Å². The number of azo groups is 1. The number of hydrogen-bond acceptors (Lipinski definition) is 4. The van der Waals surface area contributed by atoms with Crippen molar-refractivity contribution in [3.8, 4) is 0 Å². The molecule has 0 fully saturated rings. The van der Waals surface area contributed by atoms with Crippen molar-refractivity contribution in [1.82, 2.24) is 10.2 Å². The summed E-state index contributed by atoms with van der Waals surface area (Å²) in [6.45, 7) is 7.99. The molecule has 0 aliphatic carbocycles. The van der Waals surface area contributed by atoms with Crippen LogP contribution in [0.25, 0.3) is 0 Å². The van der Waals surface area contributed by atoms with Gasteiger partial charge in [-0.15, -0.1) is 10.2 Å². The fraction of sp³-hybridized carbons (Fsp3) is 0.308. The van der Waals surface area contributed by atoms with Crippen molar-refractivity contribution < 1.29 is 0 Å². The van der Waals surface area contributed by atoms with Gasteiger partial charge in [0.2, 0.25) is 0 Å². The average Bonchev–Trinajstić information content (AvgIpc) is 2.58. The molecule has 0 saturated heterocycles. The van der Waals surface area contributed by atoms with Gasteiger partial charge in [-0.25, -0.2) is 0 Å². The molecule has 2 rings (SSSR count). The van der Waals surface area contributed by atoms with Crippen molar-refractivity contribution in [2.75, 3.05) is 5.73 Å². The highest BCUT2D eigenvalue weighted by atomic mass is 15.2. The number of anilines is 1. The Morgan fingerprint density at radius 1 is 1.00 bits per heavy atom. The number of nitrogens with two attached hydrogens (primary N) is 1. The molecule has 94 valence electrons. The van der Waals surface area contributed by atoms with Crippen LogP contribution in [0.3, 0.4) is 0 Å². The summed E-state index contributed by atoms with van der Waals surface area (Å²) < 4.78 is 0. The largest absolute Gasteiger partial charge is 0.380 e. The fourth-order valence-electron chi connectivity index (χ4n) is 2.00. The van der Waals surface area contributed by atoms with Crippen molar-refractivity contribution in [3.05, 3.63) is 34.5 Å². The number of H-pyrrole nitrogens is 1. The number of hydrogen-bond donors (Lipinski definition) is 2. The highest BCUT2D eigenvalue weighted by Crippen LogP contribution is 2.29. The smallest absolute Gasteiger partial charge is 0.173 e. The van der Waals surface area contributed by atoms with Crippen LogP contribution in [-0.2, 0) is 0 Å². The van der Waals surface area contributed by atoms with Crippen LogP contribution >= 0.6 is 0 Å². The molecule has 2 aromatic rings. The van der Waals surface area contributed by atoms with Crippen LogP contribution < -0.4 is 5.73 Å². The third-order valence-electron chi connectivity index (χ3n) is 2.83. The predicted octanol–water partition coefficient (Wildman–Crippen LogP) is 3.64. The first-order valence-corrected chi connectivity index (χ1v) is 5.79. The molecule has 0 bridgehead atoms. The first kappa shape index (κ1) is 12.3. The van der Waals surface area contributed by atoms with Gasteiger partial charge in [0.05, 0.1) is 11.4 Å². The molecule has 5 nitrogen and oxygen atoms in total. The maximum atomic E-state index is 5.71. The van der Waals surface area contributed by atoms with E-state index in [2.05, 4.69) is 39.5 Å². The van der Waals surface area contributed by atoms with Crippen LogP contribution in [-0.4, -0.2) is 10.2 Å². The topological polar surface area (TPSA) is 79.4 Å². The lowest BCUT2D eigenvalue weighted by atomic mass is 10.1. The number of rotatable bonds is 2. The van der Waals surface area contributed by atoms with Crippen molar-refractivity contribution >= 4 is 17.2 Å². The predicted molar refractivity (Wildman–Crippen MR) is 72.6 cm³/mol. The summed E-state index contributed by atoms with van der Waals surface area (Å²) in [5, 5.41) is 15.2. The molecule has 0 aliphatic heterocycles. The first-order chi connectivity index (χ1) is 8.49. The number of nitrogens with one attached hydrogen (secondary N) is 1. The lowest BCUT2D eigenvalue weighted by Crippen LogP contribution is -1.84. The Morgan fingerprint density at radius 3 is 2.06 bits per heavy atom. The van der Waals surface area contributed by atoms with E-state index in [1.54, 1.807) is 0 Å². The van der Waals surface area contributed by atoms with Gasteiger partial charge in [0.15, 0.2) is 5.82 Å². The van der Waals surface area contributed by atoms with Gasteiger partial charge in [0.1, 0.15) is 5.69 Å². The van der Waals surface area contributed by atoms with Gasteiger partial charge in [-0.3, -0.25) is 5.10 Å². The Labute approximate surface area is 106 Å². The lowest BCUT2D eigenvalue weighted by Gasteiger charge is -2.05. The van der Waals surface area contributed by atoms with Crippen molar-refractivity contribution in [1.29, 1.82) is 0 Å². The number of aromatic nitrogens is 2. The van der Waals surface area contributed by atoms with Gasteiger partial charge in [-0.2, -0.15) is 5.10 Å². The number of nitrogen functional groups attached to an aromatic ring is 1. The second-order valence-corrected chi connectivity index (χ2v) is 4.53. The molecule has 0 unspecified atom stereocenters. The Hall–Kier alpha value is -2.17. The molecule has 5 heteroatoms. The summed E-state index contributed by atoms with van der Waals surface area (Å²) in [7, 11) is 0. The van der Waals surface area contributed by atoms with E-state index in [9.17, 15) is 0 Å². The second-order valence-electron chi connectivity index (χ2n) is 4.53. The van der Waals surface area contributed by atoms with Gasteiger partial charge in [-0.05, 0) is 38.8 Å². The van der Waals surface area contributed by atoms with Gasteiger partial charge >= 0.3 is 0 Å². The second kappa shape index (κ2) is 4.60. The van der Waals surface area contributed by atoms with Crippen molar-refractivity contribution in [2.45, 2.75) is 27.7 Å². The zero-order valence-corrected chi connectivity index (χ0v) is 11.1. The quantitative estimate of drug-likeness (QED) is 0.789. The van der Waals surface area contributed by atoms with Gasteiger partial charge in [-0.1, -0.05) is 17.7 Å². The third-order valence-corrected chi connectivity index (χ3v) is 2.83. The molecule has 0 amide bonds. The van der Waals surface area contributed by atoms with Crippen LogP contribution in [0.5, 0.6) is 0 Å². The fourth-order valence-corrected chi connectivity index (χ4v) is 2.00. The standard InChI is InChI=1S/C13H17N5/c1-7-5-8(2)11(9(3)6-7)16-17-12-10(4)15-18-13(12)14/h5-6H,1-4H3,(H3,14,15,18). The summed E-state index contributed by atoms with van der Waals surface area (Å²) >= 11 is 0. The highest BCUT2D eigenvalue weighted by molar-refractivity contribution is 5.60. The van der Waals surface area contributed by atoms with Crippen LogP contribution in [0.15, 0.2) is 22.4 Å². The summed E-state index contributed by atoms with van der Waals surface area (Å²) in [5.74, 6) is 0.374. The van der Waals surface area contributed by atoms with E-state index in [0.717, 1.165) is 22.5 Å². The lowest BCUT2D eigenvalue weighted by molar-refractivity contribution is 1.05. The van der Waals surface area contributed by atoms with E-state index in [4.69, 9.17) is 5.73 Å². The van der Waals surface area contributed by atoms with Gasteiger partial charge < -0.3 is 5.73 Å². The highest BCUT2D eigenvalue weighted by Gasteiger charge is 2.07. The molecule has 0 radical (unpaired) electrons. The molecule has 0 saturated carbocycles. The molecule has 1 aromatic heterocycles. The maximum absolute atomic E-state index is 5.71. The molecule has 0 spiro atoms. The summed E-state index contributed by atoms with van der Waals surface area (Å²) in [5.41, 5.74) is 11.5. The summed E-state index contributed by atoms with van der Waals surface area (Å²) in [6.07, 6.45) is 0. The van der Waals surface area contributed by atoms with E-state index < -0.39 is 0 Å². The van der Waals surface area contributed by atoms with Crippen LogP contribution in [0.4, 0.5) is 17.2 Å². The molecule has 1 heterocycles. The van der Waals surface area contributed by atoms with Crippen LogP contribution in [0, 0.1) is 27.7 Å². The minimum Gasteiger partial charge on any atom is -0.380 e. The summed E-state index contributed by atoms with van der Waals surface area (Å²) in [4.78, 5) is 0. The molecule has 1 aromatic carbocycles. The Balaban J connectivity index is 2.41. The molecular weight excluding hydrogens is 226 g/mol. The van der Waals surface area contributed by atoms with Crippen molar-refractivity contribution in [2.24, 2.45) is 10.2 Å². The molecule has 3 N–H and O–H groups in total. The number of aryl methyl sites for hydroxylation is 4. The SMILES string of the molecule is Cc1cc(C)c(N=Nc2c(N)n[nH]c2C)c(C)c1. The van der Waals surface area contributed by atoms with Gasteiger partial charge in [0.25, 0.3) is 0 Å². The van der Waals surface area contributed by atoms with E-state index >= 15 is 0 Å². The Kier molecular flexibility index (Phi) is 3.14. The molecule has 0 aliphatic rings. The zero-order valence-electron chi connectivity index (χ0n) is 11.1. The van der Waals surface area contributed by atoms with E-state index in [1.165, 1.54) is 5.56 Å². The van der Waals surface area contributed by atoms with Crippen LogP contribution in [0.2, 0.25) is 0 Å². The Bertz CT molecular complexity index is 567. The number of aromatic amines is 1. The number of nitrogens with zero attached hydrogens (tertiary/aromatic N) is 3. The first-order valence-electron chi connectivity index (χ1n) is 5.79. The minimum absolute atomic E-state index is 0.374. The monoisotopic (exact) mass is 243 g/mol. The van der Waals surface area contributed by atoms with Gasteiger partial charge in [0, 0.05) is 0 Å². The Morgan fingerprint density at radius 2 is 1.56 bits per heavy atom. The minimum atomic E-state index is 0.374. The maximum Gasteiger partial charge on any atom is 0.173 e. The van der Waals surface area contributed by atoms with E-state index in [-0.39, 0.29) is 0 Å². The average molecular weight is 243 g/mol. The molecular formula is C13H17N5. The third kappa shape index (κ3) is 2.25. The summed E-state index contributed by atoms with van der Waals surface area (Å²) in [6, 6.07) is 4.18. The van der Waals surface area contributed by atoms with E-state index in [1.807, 2.05) is 20.8 Å². The molecule has 0 atom stereocenters. The normalized spacial score (nSPS) is 11.3. The number of benzene rings is 1. The van der Waals surface area contributed by atoms with Crippen LogP contribution in [0.1, 0.15) is 22.4 Å². The van der Waals surface area contributed by atoms with Crippen molar-refractivity contribution in [3.63, 3.8) is 0 Å². The molecule has 18 heavy (non-hydrogen) atoms. The zero-order chi connectivity index (χ0) is 13.3.